The minimum atomic E-state index is -0.0565. The molecule has 0 atom stereocenters. The maximum atomic E-state index is 2.58. The predicted molar refractivity (Wildman–Crippen MR) is 262 cm³/mol. The van der Waals surface area contributed by atoms with Gasteiger partial charge in [0.25, 0.3) is 0 Å². The fraction of sp³-hybridized carbons (Fsp3) is 0.100. The average Bonchev–Trinajstić information content (AvgIpc) is 4.11. The van der Waals surface area contributed by atoms with E-state index in [0.717, 1.165) is 0 Å². The van der Waals surface area contributed by atoms with Crippen molar-refractivity contribution in [3.63, 3.8) is 0 Å². The van der Waals surface area contributed by atoms with Gasteiger partial charge in [0.05, 0.1) is 33.1 Å². The molecule has 9 aromatic carbocycles. The Morgan fingerprint density at radius 2 is 0.629 bits per heavy atom. The number of nitrogens with zero attached hydrogens (tertiary/aromatic N) is 2. The SMILES string of the molecule is CC1(C)c2ccccc2-c2ccc(-c3ccc4c(c3)c3c5c6ccccc6n6c7ccc(-c8ccc9c(c8)C(C)(C)c8ccccc8-9)cc7c(c7c8ccccc8n4c73)c56)cc21. The molecule has 0 spiro atoms. The Bertz CT molecular complexity index is 3880. The van der Waals surface area contributed by atoms with Crippen molar-refractivity contribution < 1.29 is 0 Å². The van der Waals surface area contributed by atoms with Crippen molar-refractivity contribution in [2.24, 2.45) is 0 Å². The zero-order valence-electron chi connectivity index (χ0n) is 35.1. The quantitative estimate of drug-likeness (QED) is 0.165. The van der Waals surface area contributed by atoms with Gasteiger partial charge >= 0.3 is 0 Å². The first-order valence-electron chi connectivity index (χ1n) is 22.1. The summed E-state index contributed by atoms with van der Waals surface area (Å²) in [7, 11) is 0. The van der Waals surface area contributed by atoms with Crippen LogP contribution in [0.3, 0.4) is 0 Å². The fourth-order valence-electron chi connectivity index (χ4n) is 12.7. The lowest BCUT2D eigenvalue weighted by molar-refractivity contribution is 0.660. The van der Waals surface area contributed by atoms with E-state index in [4.69, 9.17) is 0 Å². The van der Waals surface area contributed by atoms with Gasteiger partial charge in [-0.05, 0) is 115 Å². The van der Waals surface area contributed by atoms with E-state index in [1.54, 1.807) is 0 Å². The van der Waals surface area contributed by atoms with E-state index >= 15 is 0 Å². The molecule has 0 aliphatic heterocycles. The molecule has 13 aromatic rings. The van der Waals surface area contributed by atoms with Crippen LogP contribution in [-0.4, -0.2) is 8.80 Å². The average molecular weight is 789 g/mol. The van der Waals surface area contributed by atoms with Crippen LogP contribution in [0.25, 0.3) is 121 Å². The molecule has 0 unspecified atom stereocenters. The van der Waals surface area contributed by atoms with Gasteiger partial charge in [-0.2, -0.15) is 0 Å². The fourth-order valence-corrected chi connectivity index (χ4v) is 12.7. The second-order valence-corrected chi connectivity index (χ2v) is 19.2. The number of hydrogen-bond donors (Lipinski definition) is 0. The second-order valence-electron chi connectivity index (χ2n) is 19.2. The Balaban J connectivity index is 1.03. The molecule has 62 heavy (non-hydrogen) atoms. The predicted octanol–water partition coefficient (Wildman–Crippen LogP) is 15.9. The Morgan fingerprint density at radius 3 is 1.10 bits per heavy atom. The van der Waals surface area contributed by atoms with Crippen LogP contribution in [0, 0.1) is 0 Å². The number of benzene rings is 9. The van der Waals surface area contributed by atoms with Crippen LogP contribution in [0.1, 0.15) is 49.9 Å². The van der Waals surface area contributed by atoms with Gasteiger partial charge in [-0.25, -0.2) is 0 Å². The Hall–Kier alpha value is -7.42. The third-order valence-electron chi connectivity index (χ3n) is 15.6. The Kier molecular flexibility index (Phi) is 5.86. The highest BCUT2D eigenvalue weighted by Gasteiger charge is 2.37. The highest BCUT2D eigenvalue weighted by atomic mass is 14.9. The maximum Gasteiger partial charge on any atom is 0.0634 e. The lowest BCUT2D eigenvalue weighted by Gasteiger charge is -2.22. The van der Waals surface area contributed by atoms with Crippen molar-refractivity contribution in [2.75, 3.05) is 0 Å². The van der Waals surface area contributed by atoms with Crippen LogP contribution >= 0.6 is 0 Å². The number of rotatable bonds is 2. The van der Waals surface area contributed by atoms with Gasteiger partial charge in [0.2, 0.25) is 0 Å². The van der Waals surface area contributed by atoms with Crippen molar-refractivity contribution >= 4 is 76.2 Å². The van der Waals surface area contributed by atoms with E-state index in [9.17, 15) is 0 Å². The summed E-state index contributed by atoms with van der Waals surface area (Å²) in [4.78, 5) is 0. The van der Waals surface area contributed by atoms with Crippen LogP contribution < -0.4 is 0 Å². The molecule has 2 aliphatic rings. The van der Waals surface area contributed by atoms with Crippen molar-refractivity contribution in [3.8, 4) is 44.5 Å². The standard InChI is InChI=1S/C60H40N2/c1-59(2)45-17-9-5-13-37(45)39-25-21-35(31-47(39)59)33-23-27-51-43(29-33)55-53-41-15-7-12-20-50(41)62-52-28-24-34(36-22-26-40-38-14-6-10-18-46(38)60(3,4)48(40)32-36)30-44(52)56(58(53)62)54-42-16-8-11-19-49(42)61(51)57(54)55/h5-32H,1-4H3. The minimum absolute atomic E-state index is 0.0565. The van der Waals surface area contributed by atoms with E-state index in [-0.39, 0.29) is 10.8 Å². The van der Waals surface area contributed by atoms with Gasteiger partial charge in [0.1, 0.15) is 0 Å². The molecule has 0 N–H and O–H groups in total. The van der Waals surface area contributed by atoms with E-state index in [1.165, 1.54) is 143 Å². The van der Waals surface area contributed by atoms with Crippen molar-refractivity contribution in [1.82, 2.24) is 8.80 Å². The van der Waals surface area contributed by atoms with Gasteiger partial charge < -0.3 is 8.80 Å². The summed E-state index contributed by atoms with van der Waals surface area (Å²) in [5.41, 5.74) is 23.7. The first-order chi connectivity index (χ1) is 30.3. The molecule has 15 rings (SSSR count). The number of hydrogen-bond acceptors (Lipinski definition) is 0. The largest absolute Gasteiger partial charge is 0.308 e. The summed E-state index contributed by atoms with van der Waals surface area (Å²) in [5.74, 6) is 0. The summed E-state index contributed by atoms with van der Waals surface area (Å²) < 4.78 is 5.15. The molecule has 4 aromatic heterocycles. The molecule has 2 heteroatoms. The van der Waals surface area contributed by atoms with Gasteiger partial charge in [-0.1, -0.05) is 149 Å². The summed E-state index contributed by atoms with van der Waals surface area (Å²) in [5, 5.41) is 10.6. The summed E-state index contributed by atoms with van der Waals surface area (Å²) in [6.07, 6.45) is 0. The van der Waals surface area contributed by atoms with Gasteiger partial charge in [0, 0.05) is 53.9 Å². The molecule has 0 saturated heterocycles. The van der Waals surface area contributed by atoms with Crippen LogP contribution in [0.15, 0.2) is 170 Å². The maximum absolute atomic E-state index is 2.58. The zero-order chi connectivity index (χ0) is 41.0. The van der Waals surface area contributed by atoms with E-state index in [1.807, 2.05) is 0 Å². The van der Waals surface area contributed by atoms with Crippen molar-refractivity contribution in [2.45, 2.75) is 38.5 Å². The molecule has 0 fully saturated rings. The number of fused-ring (bicyclic) bond motifs is 20. The molecular weight excluding hydrogens is 749 g/mol. The third kappa shape index (κ3) is 3.77. The highest BCUT2D eigenvalue weighted by Crippen LogP contribution is 2.54. The third-order valence-corrected chi connectivity index (χ3v) is 15.6. The minimum Gasteiger partial charge on any atom is -0.308 e. The highest BCUT2D eigenvalue weighted by molar-refractivity contribution is 6.45. The smallest absolute Gasteiger partial charge is 0.0634 e. The van der Waals surface area contributed by atoms with E-state index in [2.05, 4.69) is 206 Å². The van der Waals surface area contributed by atoms with Gasteiger partial charge in [-0.3, -0.25) is 0 Å². The van der Waals surface area contributed by atoms with Gasteiger partial charge in [-0.15, -0.1) is 0 Å². The zero-order valence-corrected chi connectivity index (χ0v) is 35.1. The van der Waals surface area contributed by atoms with Crippen molar-refractivity contribution in [1.29, 1.82) is 0 Å². The molecule has 0 radical (unpaired) electrons. The molecule has 0 bridgehead atoms. The molecule has 2 aliphatic carbocycles. The normalized spacial score (nSPS) is 15.0. The van der Waals surface area contributed by atoms with Crippen LogP contribution in [0.4, 0.5) is 0 Å². The second kappa shape index (κ2) is 10.9. The van der Waals surface area contributed by atoms with Crippen LogP contribution in [0.2, 0.25) is 0 Å². The monoisotopic (exact) mass is 788 g/mol. The lowest BCUT2D eigenvalue weighted by Crippen LogP contribution is -2.14. The van der Waals surface area contributed by atoms with Crippen LogP contribution in [-0.2, 0) is 10.8 Å². The first-order valence-corrected chi connectivity index (χ1v) is 22.1. The molecule has 0 amide bonds. The molecule has 290 valence electrons. The topological polar surface area (TPSA) is 8.82 Å². The summed E-state index contributed by atoms with van der Waals surface area (Å²) in [6.45, 7) is 9.51. The number of aromatic nitrogens is 2. The van der Waals surface area contributed by atoms with Crippen LogP contribution in [0.5, 0.6) is 0 Å². The Labute approximate surface area is 358 Å². The lowest BCUT2D eigenvalue weighted by atomic mass is 9.81. The summed E-state index contributed by atoms with van der Waals surface area (Å²) in [6, 6.07) is 64.8. The van der Waals surface area contributed by atoms with Crippen molar-refractivity contribution in [3.05, 3.63) is 192 Å². The number of para-hydroxylation sites is 2. The van der Waals surface area contributed by atoms with Gasteiger partial charge in [0.15, 0.2) is 0 Å². The van der Waals surface area contributed by atoms with E-state index in [0.29, 0.717) is 0 Å². The molecule has 2 nitrogen and oxygen atoms in total. The molecule has 4 heterocycles. The Morgan fingerprint density at radius 1 is 0.290 bits per heavy atom. The first kappa shape index (κ1) is 33.3. The van der Waals surface area contributed by atoms with E-state index < -0.39 is 0 Å². The summed E-state index contributed by atoms with van der Waals surface area (Å²) >= 11 is 0. The molecule has 0 saturated carbocycles. The molecular formula is C60H40N2.